The molecule has 2 heteroatoms. The number of para-hydroxylation sites is 2. The van der Waals surface area contributed by atoms with Crippen molar-refractivity contribution in [3.05, 3.63) is 210 Å². The van der Waals surface area contributed by atoms with Crippen LogP contribution in [0.3, 0.4) is 0 Å². The molecule has 10 rings (SSSR count). The first-order valence-corrected chi connectivity index (χ1v) is 18.7. The number of hydrogen-bond donors (Lipinski definition) is 0. The van der Waals surface area contributed by atoms with Gasteiger partial charge >= 0.3 is 0 Å². The maximum atomic E-state index is 2.42. The van der Waals surface area contributed by atoms with E-state index in [0.717, 1.165) is 17.8 Å². The second-order valence-corrected chi connectivity index (χ2v) is 15.0. The smallest absolute Gasteiger partial charge is 0.0537 e. The van der Waals surface area contributed by atoms with E-state index < -0.39 is 0 Å². The van der Waals surface area contributed by atoms with Gasteiger partial charge in [-0.1, -0.05) is 141 Å². The van der Waals surface area contributed by atoms with Crippen molar-refractivity contribution in [2.45, 2.75) is 31.6 Å². The molecule has 0 aliphatic heterocycles. The highest BCUT2D eigenvalue weighted by Gasteiger charge is 2.35. The topological polar surface area (TPSA) is 8.17 Å². The molecule has 0 saturated carbocycles. The number of nitrogens with zero attached hydrogens (tertiary/aromatic N) is 2. The van der Waals surface area contributed by atoms with Crippen LogP contribution in [0.15, 0.2) is 182 Å². The molecule has 0 bridgehead atoms. The Bertz CT molecular complexity index is 2640. The van der Waals surface area contributed by atoms with Crippen molar-refractivity contribution in [1.29, 1.82) is 0 Å². The lowest BCUT2D eigenvalue weighted by atomic mass is 9.82. The highest BCUT2D eigenvalue weighted by molar-refractivity contribution is 5.91. The Hall–Kier alpha value is -6.38. The lowest BCUT2D eigenvalue weighted by molar-refractivity contribution is 0.660. The van der Waals surface area contributed by atoms with Gasteiger partial charge in [0.2, 0.25) is 0 Å². The van der Waals surface area contributed by atoms with Gasteiger partial charge in [-0.3, -0.25) is 0 Å². The molecule has 1 aromatic heterocycles. The molecule has 2 aliphatic carbocycles. The van der Waals surface area contributed by atoms with Gasteiger partial charge in [0, 0.05) is 45.2 Å². The van der Waals surface area contributed by atoms with E-state index in [9.17, 15) is 0 Å². The Morgan fingerprint density at radius 3 is 1.92 bits per heavy atom. The highest BCUT2D eigenvalue weighted by Crippen LogP contribution is 2.51. The van der Waals surface area contributed by atoms with Gasteiger partial charge in [0.25, 0.3) is 0 Å². The molecule has 0 saturated heterocycles. The van der Waals surface area contributed by atoms with Crippen LogP contribution in [-0.4, -0.2) is 4.57 Å². The third-order valence-electron chi connectivity index (χ3n) is 11.6. The molecule has 0 spiro atoms. The van der Waals surface area contributed by atoms with Gasteiger partial charge in [-0.15, -0.1) is 0 Å². The average Bonchev–Trinajstić information content (AvgIpc) is 3.67. The highest BCUT2D eigenvalue weighted by atomic mass is 15.1. The summed E-state index contributed by atoms with van der Waals surface area (Å²) in [4.78, 5) is 2.42. The van der Waals surface area contributed by atoms with Gasteiger partial charge in [-0.05, 0) is 112 Å². The molecule has 7 aromatic carbocycles. The maximum absolute atomic E-state index is 2.42. The van der Waals surface area contributed by atoms with E-state index in [2.05, 4.69) is 211 Å². The molecule has 53 heavy (non-hydrogen) atoms. The number of allylic oxidation sites excluding steroid dienone is 1. The molecule has 8 aromatic rings. The van der Waals surface area contributed by atoms with Gasteiger partial charge in [0.05, 0.1) is 5.52 Å². The summed E-state index contributed by atoms with van der Waals surface area (Å²) in [6.07, 6.45) is 5.71. The van der Waals surface area contributed by atoms with Crippen LogP contribution in [0.2, 0.25) is 0 Å². The van der Waals surface area contributed by atoms with Crippen molar-refractivity contribution in [2.75, 3.05) is 4.90 Å². The normalized spacial score (nSPS) is 15.2. The van der Waals surface area contributed by atoms with Crippen molar-refractivity contribution >= 4 is 34.0 Å². The van der Waals surface area contributed by atoms with Crippen LogP contribution < -0.4 is 4.90 Å². The zero-order chi connectivity index (χ0) is 35.5. The van der Waals surface area contributed by atoms with Crippen LogP contribution >= 0.6 is 0 Å². The minimum absolute atomic E-state index is 0.0789. The summed E-state index contributed by atoms with van der Waals surface area (Å²) in [6, 6.07) is 64.4. The third-order valence-corrected chi connectivity index (χ3v) is 11.6. The predicted octanol–water partition coefficient (Wildman–Crippen LogP) is 13.4. The largest absolute Gasteiger partial charge is 0.310 e. The monoisotopic (exact) mass is 680 g/mol. The summed E-state index contributed by atoms with van der Waals surface area (Å²) in [5.74, 6) is 0.296. The van der Waals surface area contributed by atoms with Gasteiger partial charge in [0.1, 0.15) is 0 Å². The van der Waals surface area contributed by atoms with Crippen LogP contribution in [0, 0.1) is 0 Å². The first-order valence-electron chi connectivity index (χ1n) is 18.7. The number of aromatic nitrogens is 1. The zero-order valence-corrected chi connectivity index (χ0v) is 30.1. The van der Waals surface area contributed by atoms with Crippen LogP contribution in [0.4, 0.5) is 17.1 Å². The summed E-state index contributed by atoms with van der Waals surface area (Å²) in [7, 11) is 0. The second-order valence-electron chi connectivity index (χ2n) is 15.0. The minimum Gasteiger partial charge on any atom is -0.310 e. The zero-order valence-electron chi connectivity index (χ0n) is 30.1. The summed E-state index contributed by atoms with van der Waals surface area (Å²) in [5, 5.41) is 1.34. The van der Waals surface area contributed by atoms with Crippen LogP contribution in [0.25, 0.3) is 44.9 Å². The Kier molecular flexibility index (Phi) is 7.33. The quantitative estimate of drug-likeness (QED) is 0.170. The molecule has 0 amide bonds. The molecule has 0 N–H and O–H groups in total. The first kappa shape index (κ1) is 31.4. The number of benzene rings is 7. The SMILES string of the molecule is CC1(C)c2ccccc2-c2ccc(N(c3ccc(-c4ccccc4)cc3)c3ccc(C4C=Cc5c(c6ccccc6n5-c5ccccc5)C4)cc3)cc21. The molecule has 0 fully saturated rings. The molecule has 254 valence electrons. The van der Waals surface area contributed by atoms with Crippen molar-refractivity contribution in [2.24, 2.45) is 0 Å². The van der Waals surface area contributed by atoms with E-state index in [1.54, 1.807) is 0 Å². The lowest BCUT2D eigenvalue weighted by Gasteiger charge is -2.29. The van der Waals surface area contributed by atoms with Crippen LogP contribution in [0.5, 0.6) is 0 Å². The van der Waals surface area contributed by atoms with Gasteiger partial charge in [-0.25, -0.2) is 0 Å². The Morgan fingerprint density at radius 1 is 0.547 bits per heavy atom. The number of anilines is 3. The van der Waals surface area contributed by atoms with E-state index in [1.165, 1.54) is 72.5 Å². The fourth-order valence-electron chi connectivity index (χ4n) is 8.88. The second kappa shape index (κ2) is 12.4. The van der Waals surface area contributed by atoms with Crippen LogP contribution in [0.1, 0.15) is 47.7 Å². The summed E-state index contributed by atoms with van der Waals surface area (Å²) < 4.78 is 2.41. The van der Waals surface area contributed by atoms with Gasteiger partial charge < -0.3 is 9.47 Å². The van der Waals surface area contributed by atoms with E-state index >= 15 is 0 Å². The van der Waals surface area contributed by atoms with Crippen molar-refractivity contribution in [1.82, 2.24) is 4.57 Å². The van der Waals surface area contributed by atoms with E-state index in [-0.39, 0.29) is 5.41 Å². The Labute approximate surface area is 311 Å². The van der Waals surface area contributed by atoms with Crippen LogP contribution in [-0.2, 0) is 11.8 Å². The average molecular weight is 681 g/mol. The summed E-state index contributed by atoms with van der Waals surface area (Å²) in [6.45, 7) is 4.71. The van der Waals surface area contributed by atoms with E-state index in [4.69, 9.17) is 0 Å². The third kappa shape index (κ3) is 5.17. The summed E-state index contributed by atoms with van der Waals surface area (Å²) in [5.41, 5.74) is 17.8. The van der Waals surface area contributed by atoms with Crippen molar-refractivity contribution in [3.8, 4) is 27.9 Å². The lowest BCUT2D eigenvalue weighted by Crippen LogP contribution is -2.16. The molecule has 2 nitrogen and oxygen atoms in total. The van der Waals surface area contributed by atoms with Gasteiger partial charge in [0.15, 0.2) is 0 Å². The molecule has 2 aliphatic rings. The molecule has 0 radical (unpaired) electrons. The minimum atomic E-state index is -0.0789. The number of fused-ring (bicyclic) bond motifs is 6. The molecule has 1 unspecified atom stereocenters. The molecule has 1 atom stereocenters. The van der Waals surface area contributed by atoms with E-state index in [0.29, 0.717) is 5.92 Å². The fourth-order valence-corrected chi connectivity index (χ4v) is 8.88. The Balaban J connectivity index is 1.03. The first-order chi connectivity index (χ1) is 26.0. The van der Waals surface area contributed by atoms with Crippen molar-refractivity contribution < 1.29 is 0 Å². The van der Waals surface area contributed by atoms with Gasteiger partial charge in [-0.2, -0.15) is 0 Å². The van der Waals surface area contributed by atoms with Crippen molar-refractivity contribution in [3.63, 3.8) is 0 Å². The predicted molar refractivity (Wildman–Crippen MR) is 223 cm³/mol. The number of rotatable bonds is 6. The maximum Gasteiger partial charge on any atom is 0.0537 e. The molecule has 1 heterocycles. The molecular weight excluding hydrogens is 641 g/mol. The standard InChI is InChI=1S/C51H40N2/c1-51(2)47-19-11-9-17-43(47)44-31-30-42(34-48(44)51)52(40-26-21-36(22-27-40)35-13-5-3-6-14-35)41-28-23-37(24-29-41)38-25-32-50-46(33-38)45-18-10-12-20-49(45)53(50)39-15-7-4-8-16-39/h3-32,34,38H,33H2,1-2H3. The Morgan fingerprint density at radius 2 is 1.15 bits per heavy atom. The van der Waals surface area contributed by atoms with E-state index in [1.807, 2.05) is 0 Å². The summed E-state index contributed by atoms with van der Waals surface area (Å²) >= 11 is 0. The molecular formula is C51H40N2. The number of hydrogen-bond acceptors (Lipinski definition) is 1. The fraction of sp³-hybridized carbons (Fsp3) is 0.0980.